The van der Waals surface area contributed by atoms with Crippen LogP contribution in [-0.2, 0) is 33.4 Å². The third-order valence-electron chi connectivity index (χ3n) is 5.86. The lowest BCUT2D eigenvalue weighted by Gasteiger charge is -2.27. The van der Waals surface area contributed by atoms with Crippen molar-refractivity contribution in [3.8, 4) is 0 Å². The molecule has 3 heterocycles. The van der Waals surface area contributed by atoms with Crippen molar-refractivity contribution >= 4 is 29.7 Å². The maximum atomic E-state index is 13.0. The van der Waals surface area contributed by atoms with E-state index in [0.717, 1.165) is 4.57 Å². The van der Waals surface area contributed by atoms with Crippen molar-refractivity contribution in [2.24, 2.45) is 11.7 Å². The summed E-state index contributed by atoms with van der Waals surface area (Å²) in [6.07, 6.45) is -3.99. The van der Waals surface area contributed by atoms with Crippen LogP contribution in [-0.4, -0.2) is 76.1 Å². The van der Waals surface area contributed by atoms with Crippen molar-refractivity contribution in [3.63, 3.8) is 0 Å². The topological polar surface area (TPSA) is 208 Å². The number of nitrogens with two attached hydrogens (primary N) is 1. The smallest absolute Gasteiger partial charge is 0.351 e. The van der Waals surface area contributed by atoms with Crippen molar-refractivity contribution in [3.05, 3.63) is 58.1 Å². The third kappa shape index (κ3) is 5.89. The molecule has 1 fully saturated rings. The first kappa shape index (κ1) is 27.7. The van der Waals surface area contributed by atoms with E-state index in [9.17, 15) is 24.0 Å². The van der Waals surface area contributed by atoms with Crippen LogP contribution in [0.3, 0.4) is 0 Å². The fourth-order valence-electron chi connectivity index (χ4n) is 3.78. The Morgan fingerprint density at radius 2 is 1.72 bits per heavy atom. The molecule has 1 aromatic heterocycles. The fourth-order valence-corrected chi connectivity index (χ4v) is 3.78. The van der Waals surface area contributed by atoms with Gasteiger partial charge in [0, 0.05) is 12.3 Å². The van der Waals surface area contributed by atoms with Crippen molar-refractivity contribution < 1.29 is 48.1 Å². The van der Waals surface area contributed by atoms with Crippen LogP contribution in [0.25, 0.3) is 0 Å². The maximum Gasteiger partial charge on any atom is 0.351 e. The molecule has 15 nitrogen and oxygen atoms in total. The van der Waals surface area contributed by atoms with E-state index in [1.54, 1.807) is 13.8 Å². The second-order valence-electron chi connectivity index (χ2n) is 8.95. The molecule has 0 radical (unpaired) electrons. The third-order valence-corrected chi connectivity index (χ3v) is 5.86. The SMILES string of the molecule is CC(C)C(=O)ONc1ccn([C@@H]2O[C@H](COC(=O)[C@H](N)CO)[C@H]3OC(=O)c4ccccc4C(=O)O[C@H]32)c(=O)n1. The van der Waals surface area contributed by atoms with Gasteiger partial charge in [-0.15, -0.1) is 0 Å². The fraction of sp³-hybridized carbons (Fsp3) is 0.417. The molecule has 0 saturated carbocycles. The predicted octanol–water partition coefficient (Wildman–Crippen LogP) is -0.706. The van der Waals surface area contributed by atoms with Crippen molar-refractivity contribution in [1.29, 1.82) is 0 Å². The molecule has 0 spiro atoms. The van der Waals surface area contributed by atoms with E-state index >= 15 is 0 Å². The molecule has 2 aliphatic rings. The summed E-state index contributed by atoms with van der Waals surface area (Å²) in [7, 11) is 0. The Labute approximate surface area is 220 Å². The summed E-state index contributed by atoms with van der Waals surface area (Å²) in [5, 5.41) is 9.09. The van der Waals surface area contributed by atoms with E-state index in [1.807, 2.05) is 0 Å². The molecule has 0 unspecified atom stereocenters. The molecule has 2 aliphatic heterocycles. The van der Waals surface area contributed by atoms with Crippen LogP contribution in [0.4, 0.5) is 5.82 Å². The largest absolute Gasteiger partial charge is 0.462 e. The lowest BCUT2D eigenvalue weighted by Crippen LogP contribution is -2.44. The highest BCUT2D eigenvalue weighted by Crippen LogP contribution is 2.36. The van der Waals surface area contributed by atoms with Crippen LogP contribution in [0, 0.1) is 5.92 Å². The summed E-state index contributed by atoms with van der Waals surface area (Å²) in [5.74, 6) is -3.78. The number of nitrogens with zero attached hydrogens (tertiary/aromatic N) is 2. The lowest BCUT2D eigenvalue weighted by atomic mass is 10.0. The van der Waals surface area contributed by atoms with Gasteiger partial charge < -0.3 is 34.6 Å². The van der Waals surface area contributed by atoms with Gasteiger partial charge in [0.25, 0.3) is 0 Å². The number of hydrogen-bond acceptors (Lipinski definition) is 14. The quantitative estimate of drug-likeness (QED) is 0.212. The molecule has 0 amide bonds. The molecule has 0 bridgehead atoms. The minimum Gasteiger partial charge on any atom is -0.462 e. The normalized spacial score (nSPS) is 22.9. The molecule has 5 atom stereocenters. The molecule has 15 heteroatoms. The van der Waals surface area contributed by atoms with Gasteiger partial charge in [0.1, 0.15) is 18.8 Å². The van der Waals surface area contributed by atoms with E-state index in [1.165, 1.54) is 36.5 Å². The number of carbonyl (C=O) groups is 4. The molecule has 39 heavy (non-hydrogen) atoms. The zero-order chi connectivity index (χ0) is 28.3. The van der Waals surface area contributed by atoms with Crippen molar-refractivity contribution in [1.82, 2.24) is 9.55 Å². The Bertz CT molecular complexity index is 1330. The number of benzene rings is 1. The number of aliphatic hydroxyl groups excluding tert-OH is 1. The molecular formula is C24H26N4O11. The van der Waals surface area contributed by atoms with E-state index < -0.39 is 79.3 Å². The zero-order valence-corrected chi connectivity index (χ0v) is 20.8. The molecule has 2 aromatic rings. The number of ether oxygens (including phenoxy) is 4. The maximum absolute atomic E-state index is 13.0. The Hall–Kier alpha value is -4.34. The van der Waals surface area contributed by atoms with Gasteiger partial charge in [-0.25, -0.2) is 24.7 Å². The highest BCUT2D eigenvalue weighted by molar-refractivity contribution is 6.03. The number of fused-ring (bicyclic) bond motifs is 2. The van der Waals surface area contributed by atoms with Crippen molar-refractivity contribution in [2.75, 3.05) is 18.7 Å². The van der Waals surface area contributed by atoms with Gasteiger partial charge in [-0.1, -0.05) is 26.0 Å². The summed E-state index contributed by atoms with van der Waals surface area (Å²) >= 11 is 0. The second-order valence-corrected chi connectivity index (χ2v) is 8.95. The Morgan fingerprint density at radius 3 is 2.31 bits per heavy atom. The van der Waals surface area contributed by atoms with Crippen LogP contribution in [0.1, 0.15) is 40.8 Å². The minimum absolute atomic E-state index is 0.0485. The number of aromatic nitrogens is 2. The van der Waals surface area contributed by atoms with Gasteiger partial charge in [-0.2, -0.15) is 4.98 Å². The first-order valence-electron chi connectivity index (χ1n) is 11.9. The number of rotatable bonds is 8. The van der Waals surface area contributed by atoms with Crippen LogP contribution in [0.2, 0.25) is 0 Å². The molecule has 4 N–H and O–H groups in total. The number of anilines is 1. The first-order chi connectivity index (χ1) is 18.6. The number of nitrogens with one attached hydrogen (secondary N) is 1. The summed E-state index contributed by atoms with van der Waals surface area (Å²) in [4.78, 5) is 71.2. The van der Waals surface area contributed by atoms with Crippen molar-refractivity contribution in [2.45, 2.75) is 44.4 Å². The van der Waals surface area contributed by atoms with Crippen LogP contribution in [0.15, 0.2) is 41.3 Å². The van der Waals surface area contributed by atoms with Crippen LogP contribution in [0.5, 0.6) is 0 Å². The average molecular weight is 546 g/mol. The monoisotopic (exact) mass is 546 g/mol. The van der Waals surface area contributed by atoms with Crippen LogP contribution < -0.4 is 16.9 Å². The number of aliphatic hydroxyl groups is 1. The van der Waals surface area contributed by atoms with Gasteiger partial charge in [-0.3, -0.25) is 9.36 Å². The zero-order valence-electron chi connectivity index (χ0n) is 20.8. The van der Waals surface area contributed by atoms with E-state index in [2.05, 4.69) is 10.5 Å². The average Bonchev–Trinajstić information content (AvgIpc) is 3.24. The van der Waals surface area contributed by atoms with E-state index in [0.29, 0.717) is 0 Å². The Balaban J connectivity index is 1.64. The lowest BCUT2D eigenvalue weighted by molar-refractivity contribution is -0.152. The van der Waals surface area contributed by atoms with Gasteiger partial charge in [0.05, 0.1) is 23.7 Å². The summed E-state index contributed by atoms with van der Waals surface area (Å²) in [6.45, 7) is 2.06. The molecule has 4 rings (SSSR count). The molecule has 1 aromatic carbocycles. The second kappa shape index (κ2) is 11.6. The summed E-state index contributed by atoms with van der Waals surface area (Å²) in [6, 6.07) is 5.82. The molecule has 0 aliphatic carbocycles. The Kier molecular flexibility index (Phi) is 8.23. The highest BCUT2D eigenvalue weighted by Gasteiger charge is 2.52. The Morgan fingerprint density at radius 1 is 1.08 bits per heavy atom. The first-order valence-corrected chi connectivity index (χ1v) is 11.9. The predicted molar refractivity (Wildman–Crippen MR) is 128 cm³/mol. The standard InChI is InChI=1S/C24H26N4O11/c1-11(2)20(30)39-27-16-7-8-28(24(34)26-16)19-18-17(15(36-19)10-35-23(33)14(25)9-29)37-21(31)12-5-3-4-6-13(12)22(32)38-18/h3-8,11,14-15,17-19,29H,9-10,25H2,1-2H3,(H,26,27,34)/t14-,15-,17-,18-,19-/m1/s1. The molecule has 208 valence electrons. The van der Waals surface area contributed by atoms with Gasteiger partial charge in [0.15, 0.2) is 24.3 Å². The van der Waals surface area contributed by atoms with Gasteiger partial charge in [0.2, 0.25) is 0 Å². The summed E-state index contributed by atoms with van der Waals surface area (Å²) < 4.78 is 23.2. The number of esters is 3. The minimum atomic E-state index is -1.36. The number of hydrogen-bond donors (Lipinski definition) is 3. The summed E-state index contributed by atoms with van der Waals surface area (Å²) in [5.41, 5.74) is 6.76. The van der Waals surface area contributed by atoms with E-state index in [-0.39, 0.29) is 16.9 Å². The van der Waals surface area contributed by atoms with Crippen LogP contribution >= 0.6 is 0 Å². The molecular weight excluding hydrogens is 520 g/mol. The molecule has 1 saturated heterocycles. The highest BCUT2D eigenvalue weighted by atomic mass is 16.7. The van der Waals surface area contributed by atoms with Gasteiger partial charge >= 0.3 is 29.6 Å². The van der Waals surface area contributed by atoms with E-state index in [4.69, 9.17) is 34.6 Å². The number of carbonyl (C=O) groups excluding carboxylic acids is 4. The van der Waals surface area contributed by atoms with Gasteiger partial charge in [-0.05, 0) is 12.1 Å².